The predicted octanol–water partition coefficient (Wildman–Crippen LogP) is 3.14. The smallest absolute Gasteiger partial charge is 0.316 e. The van der Waals surface area contributed by atoms with E-state index >= 15 is 0 Å². The molecule has 0 bridgehead atoms. The number of aryl methyl sites for hydroxylation is 2. The number of esters is 1. The summed E-state index contributed by atoms with van der Waals surface area (Å²) < 4.78 is 4.79. The highest BCUT2D eigenvalue weighted by molar-refractivity contribution is 6.08. The van der Waals surface area contributed by atoms with Crippen LogP contribution in [-0.2, 0) is 19.9 Å². The van der Waals surface area contributed by atoms with E-state index in [0.717, 1.165) is 11.1 Å². The van der Waals surface area contributed by atoms with Crippen LogP contribution in [0.25, 0.3) is 0 Å². The molecule has 1 N–H and O–H groups in total. The zero-order valence-corrected chi connectivity index (χ0v) is 16.3. The van der Waals surface area contributed by atoms with Crippen molar-refractivity contribution in [3.8, 4) is 0 Å². The molecule has 0 amide bonds. The van der Waals surface area contributed by atoms with Crippen LogP contribution in [0.1, 0.15) is 39.9 Å². The molecule has 28 heavy (non-hydrogen) atoms. The molecule has 5 nitrogen and oxygen atoms in total. The number of ketones is 2. The summed E-state index contributed by atoms with van der Waals surface area (Å²) in [6, 6.07) is 14.2. The zero-order chi connectivity index (χ0) is 20.5. The maximum Gasteiger partial charge on any atom is 0.316 e. The van der Waals surface area contributed by atoms with Crippen molar-refractivity contribution in [1.29, 1.82) is 0 Å². The normalized spacial score (nSPS) is 24.6. The first kappa shape index (κ1) is 20.0. The molecule has 0 aliphatic heterocycles. The van der Waals surface area contributed by atoms with Gasteiger partial charge >= 0.3 is 5.97 Å². The molecule has 1 aliphatic carbocycles. The molecular formula is C23H24O5. The Bertz CT molecular complexity index is 898. The predicted molar refractivity (Wildman–Crippen MR) is 104 cm³/mol. The summed E-state index contributed by atoms with van der Waals surface area (Å²) in [6.07, 6.45) is -0.248. The Balaban J connectivity index is 2.01. The molecule has 3 atom stereocenters. The van der Waals surface area contributed by atoms with E-state index in [1.54, 1.807) is 36.4 Å². The Hall–Kier alpha value is -2.79. The lowest BCUT2D eigenvalue weighted by molar-refractivity contribution is -0.157. The summed E-state index contributed by atoms with van der Waals surface area (Å²) in [4.78, 5) is 38.3. The molecule has 1 saturated carbocycles. The molecule has 1 aliphatic rings. The molecule has 2 aromatic rings. The van der Waals surface area contributed by atoms with Gasteiger partial charge in [-0.25, -0.2) is 0 Å². The van der Waals surface area contributed by atoms with Crippen LogP contribution in [0.15, 0.2) is 48.5 Å². The molecule has 0 spiro atoms. The Morgan fingerprint density at radius 2 is 1.54 bits per heavy atom. The maximum atomic E-state index is 13.2. The number of carbonyl (C=O) groups is 3. The van der Waals surface area contributed by atoms with Gasteiger partial charge in [0.1, 0.15) is 5.92 Å². The SMILES string of the molecule is COC(=O)[C@@H]1C(=O)C[C@@](O)(c2ccc(C)cc2)C[C@H]1C(=O)c1ccc(C)cc1. The molecule has 0 aromatic heterocycles. The highest BCUT2D eigenvalue weighted by atomic mass is 16.5. The lowest BCUT2D eigenvalue weighted by Crippen LogP contribution is -2.48. The van der Waals surface area contributed by atoms with Gasteiger partial charge in [0.05, 0.1) is 12.7 Å². The van der Waals surface area contributed by atoms with Crippen LogP contribution in [0.4, 0.5) is 0 Å². The third kappa shape index (κ3) is 3.76. The monoisotopic (exact) mass is 380 g/mol. The fourth-order valence-electron chi connectivity index (χ4n) is 3.86. The number of aliphatic hydroxyl groups is 1. The van der Waals surface area contributed by atoms with Gasteiger partial charge in [-0.15, -0.1) is 0 Å². The summed E-state index contributed by atoms with van der Waals surface area (Å²) in [5, 5.41) is 11.3. The standard InChI is InChI=1S/C23H24O5/c1-14-4-8-16(9-5-14)21(25)18-12-23(27,17-10-6-15(2)7-11-17)13-19(24)20(18)22(26)28-3/h4-11,18,20,27H,12-13H2,1-3H3/t18-,20+,23-/m1/s1. The van der Waals surface area contributed by atoms with Crippen LogP contribution >= 0.6 is 0 Å². The van der Waals surface area contributed by atoms with E-state index in [9.17, 15) is 19.5 Å². The minimum absolute atomic E-state index is 0.0196. The van der Waals surface area contributed by atoms with Crippen LogP contribution in [0, 0.1) is 25.7 Å². The first-order chi connectivity index (χ1) is 13.2. The average Bonchev–Trinajstić information content (AvgIpc) is 2.67. The van der Waals surface area contributed by atoms with Crippen molar-refractivity contribution in [2.24, 2.45) is 11.8 Å². The number of hydrogen-bond donors (Lipinski definition) is 1. The average molecular weight is 380 g/mol. The molecule has 3 rings (SSSR count). The minimum atomic E-state index is -1.50. The summed E-state index contributed by atoms with van der Waals surface area (Å²) >= 11 is 0. The van der Waals surface area contributed by atoms with Crippen molar-refractivity contribution in [3.05, 3.63) is 70.8 Å². The molecular weight excluding hydrogens is 356 g/mol. The van der Waals surface area contributed by atoms with Gasteiger partial charge < -0.3 is 9.84 Å². The van der Waals surface area contributed by atoms with Crippen LogP contribution in [0.2, 0.25) is 0 Å². The van der Waals surface area contributed by atoms with Gasteiger partial charge in [-0.1, -0.05) is 59.7 Å². The van der Waals surface area contributed by atoms with E-state index in [1.165, 1.54) is 7.11 Å². The minimum Gasteiger partial charge on any atom is -0.468 e. The van der Waals surface area contributed by atoms with Gasteiger partial charge in [0, 0.05) is 17.9 Å². The number of Topliss-reactive ketones (excluding diaryl/α,β-unsaturated/α-hetero) is 2. The maximum absolute atomic E-state index is 13.2. The molecule has 0 saturated heterocycles. The molecule has 146 valence electrons. The molecule has 0 heterocycles. The Morgan fingerprint density at radius 1 is 1.00 bits per heavy atom. The van der Waals surface area contributed by atoms with E-state index in [0.29, 0.717) is 11.1 Å². The van der Waals surface area contributed by atoms with Gasteiger partial charge in [0.25, 0.3) is 0 Å². The number of hydrogen-bond acceptors (Lipinski definition) is 5. The van der Waals surface area contributed by atoms with Crippen LogP contribution in [-0.4, -0.2) is 29.8 Å². The second-order valence-electron chi connectivity index (χ2n) is 7.58. The summed E-state index contributed by atoms with van der Waals surface area (Å²) in [5.74, 6) is -3.74. The van der Waals surface area contributed by atoms with Crippen LogP contribution < -0.4 is 0 Å². The van der Waals surface area contributed by atoms with Crippen molar-refractivity contribution in [2.45, 2.75) is 32.3 Å². The number of carbonyl (C=O) groups excluding carboxylic acids is 3. The lowest BCUT2D eigenvalue weighted by Gasteiger charge is -2.39. The van der Waals surface area contributed by atoms with E-state index in [2.05, 4.69) is 0 Å². The molecule has 2 aromatic carbocycles. The van der Waals surface area contributed by atoms with E-state index in [4.69, 9.17) is 4.74 Å². The zero-order valence-electron chi connectivity index (χ0n) is 16.3. The fraction of sp³-hybridized carbons (Fsp3) is 0.348. The van der Waals surface area contributed by atoms with Crippen molar-refractivity contribution >= 4 is 17.5 Å². The summed E-state index contributed by atoms with van der Waals surface area (Å²) in [7, 11) is 1.20. The van der Waals surface area contributed by atoms with Crippen LogP contribution in [0.3, 0.4) is 0 Å². The number of ether oxygens (including phenoxy) is 1. The highest BCUT2D eigenvalue weighted by Gasteiger charge is 2.51. The van der Waals surface area contributed by atoms with E-state index in [1.807, 2.05) is 26.0 Å². The van der Waals surface area contributed by atoms with E-state index < -0.39 is 29.2 Å². The van der Waals surface area contributed by atoms with Gasteiger partial charge in [-0.3, -0.25) is 14.4 Å². The Labute approximate surface area is 164 Å². The second-order valence-corrected chi connectivity index (χ2v) is 7.58. The quantitative estimate of drug-likeness (QED) is 0.501. The summed E-state index contributed by atoms with van der Waals surface area (Å²) in [6.45, 7) is 3.84. The Morgan fingerprint density at radius 3 is 2.07 bits per heavy atom. The Kier molecular flexibility index (Phi) is 5.47. The lowest BCUT2D eigenvalue weighted by atomic mass is 9.66. The third-order valence-electron chi connectivity index (χ3n) is 5.49. The van der Waals surface area contributed by atoms with Gasteiger partial charge in [-0.2, -0.15) is 0 Å². The largest absolute Gasteiger partial charge is 0.468 e. The number of methoxy groups -OCH3 is 1. The topological polar surface area (TPSA) is 80.7 Å². The van der Waals surface area contributed by atoms with Crippen molar-refractivity contribution in [2.75, 3.05) is 7.11 Å². The van der Waals surface area contributed by atoms with Crippen molar-refractivity contribution in [1.82, 2.24) is 0 Å². The molecule has 5 heteroatoms. The van der Waals surface area contributed by atoms with Gasteiger partial charge in [0.15, 0.2) is 11.6 Å². The third-order valence-corrected chi connectivity index (χ3v) is 5.49. The van der Waals surface area contributed by atoms with Gasteiger partial charge in [0.2, 0.25) is 0 Å². The van der Waals surface area contributed by atoms with Crippen molar-refractivity contribution in [3.63, 3.8) is 0 Å². The molecule has 0 radical (unpaired) electrons. The van der Waals surface area contributed by atoms with Gasteiger partial charge in [-0.05, 0) is 25.8 Å². The first-order valence-electron chi connectivity index (χ1n) is 9.26. The highest BCUT2D eigenvalue weighted by Crippen LogP contribution is 2.42. The first-order valence-corrected chi connectivity index (χ1v) is 9.26. The summed E-state index contributed by atoms with van der Waals surface area (Å²) in [5.41, 5.74) is 1.49. The van der Waals surface area contributed by atoms with E-state index in [-0.39, 0.29) is 18.6 Å². The number of rotatable bonds is 4. The fourth-order valence-corrected chi connectivity index (χ4v) is 3.86. The number of benzene rings is 2. The molecule has 0 unspecified atom stereocenters. The van der Waals surface area contributed by atoms with Crippen LogP contribution in [0.5, 0.6) is 0 Å². The molecule has 1 fully saturated rings. The van der Waals surface area contributed by atoms with Crippen molar-refractivity contribution < 1.29 is 24.2 Å². The second kappa shape index (κ2) is 7.68.